The minimum absolute atomic E-state index is 0.164. The lowest BCUT2D eigenvalue weighted by Gasteiger charge is -2.20. The van der Waals surface area contributed by atoms with Crippen molar-refractivity contribution in [1.82, 2.24) is 5.32 Å². The van der Waals surface area contributed by atoms with Crippen LogP contribution in [0.3, 0.4) is 0 Å². The summed E-state index contributed by atoms with van der Waals surface area (Å²) in [7, 11) is 0. The van der Waals surface area contributed by atoms with Crippen LogP contribution in [-0.4, -0.2) is 13.1 Å². The molecular weight excluding hydrogens is 252 g/mol. The Morgan fingerprint density at radius 2 is 2.33 bits per heavy atom. The summed E-state index contributed by atoms with van der Waals surface area (Å²) in [5.74, 6) is 0.581. The van der Waals surface area contributed by atoms with Crippen LogP contribution in [-0.2, 0) is 0 Å². The number of aryl methyl sites for hydroxylation is 1. The molecule has 2 nitrogen and oxygen atoms in total. The molecule has 15 heavy (non-hydrogen) atoms. The van der Waals surface area contributed by atoms with Crippen molar-refractivity contribution in [2.75, 3.05) is 13.1 Å². The molecule has 0 amide bonds. The van der Waals surface area contributed by atoms with Gasteiger partial charge in [-0.25, -0.2) is 0 Å². The van der Waals surface area contributed by atoms with E-state index in [1.165, 1.54) is 17.5 Å². The molecule has 0 aromatic heterocycles. The fourth-order valence-corrected chi connectivity index (χ4v) is 2.59. The SMILES string of the molecule is Cc1ccc(Br)cc1C(N)C1CCNC1. The number of benzene rings is 1. The fourth-order valence-electron chi connectivity index (χ4n) is 2.21. The molecule has 2 rings (SSSR count). The van der Waals surface area contributed by atoms with Gasteiger partial charge in [-0.15, -0.1) is 0 Å². The van der Waals surface area contributed by atoms with Crippen LogP contribution in [0.25, 0.3) is 0 Å². The van der Waals surface area contributed by atoms with Crippen molar-refractivity contribution in [3.63, 3.8) is 0 Å². The minimum atomic E-state index is 0.164. The number of halogens is 1. The van der Waals surface area contributed by atoms with E-state index in [-0.39, 0.29) is 6.04 Å². The normalized spacial score (nSPS) is 23.0. The first kappa shape index (κ1) is 11.1. The van der Waals surface area contributed by atoms with Crippen LogP contribution in [0, 0.1) is 12.8 Å². The molecule has 1 aliphatic rings. The van der Waals surface area contributed by atoms with Gasteiger partial charge in [0.05, 0.1) is 0 Å². The molecular formula is C12H17BrN2. The highest BCUT2D eigenvalue weighted by Gasteiger charge is 2.23. The van der Waals surface area contributed by atoms with Crippen LogP contribution in [0.15, 0.2) is 22.7 Å². The van der Waals surface area contributed by atoms with Gasteiger partial charge in [-0.1, -0.05) is 22.0 Å². The number of hydrogen-bond acceptors (Lipinski definition) is 2. The van der Waals surface area contributed by atoms with Crippen LogP contribution in [0.4, 0.5) is 0 Å². The van der Waals surface area contributed by atoms with Crippen LogP contribution in [0.2, 0.25) is 0 Å². The Labute approximate surface area is 99.4 Å². The largest absolute Gasteiger partial charge is 0.324 e. The Bertz CT molecular complexity index is 345. The number of nitrogens with two attached hydrogens (primary N) is 1. The van der Waals surface area contributed by atoms with E-state index in [4.69, 9.17) is 5.73 Å². The van der Waals surface area contributed by atoms with Gasteiger partial charge in [0.15, 0.2) is 0 Å². The Morgan fingerprint density at radius 3 is 3.00 bits per heavy atom. The maximum atomic E-state index is 6.31. The highest BCUT2D eigenvalue weighted by Crippen LogP contribution is 2.28. The van der Waals surface area contributed by atoms with Gasteiger partial charge in [0.2, 0.25) is 0 Å². The molecule has 0 bridgehead atoms. The van der Waals surface area contributed by atoms with Gasteiger partial charge in [0.25, 0.3) is 0 Å². The fraction of sp³-hybridized carbons (Fsp3) is 0.500. The predicted molar refractivity (Wildman–Crippen MR) is 66.8 cm³/mol. The maximum Gasteiger partial charge on any atom is 0.0339 e. The average molecular weight is 269 g/mol. The first-order chi connectivity index (χ1) is 7.18. The summed E-state index contributed by atoms with van der Waals surface area (Å²) in [6, 6.07) is 6.51. The van der Waals surface area contributed by atoms with E-state index in [1.807, 2.05) is 0 Å². The predicted octanol–water partition coefficient (Wildman–Crippen LogP) is 2.37. The molecule has 82 valence electrons. The second kappa shape index (κ2) is 4.64. The summed E-state index contributed by atoms with van der Waals surface area (Å²) in [5.41, 5.74) is 8.87. The van der Waals surface area contributed by atoms with E-state index in [1.54, 1.807) is 0 Å². The number of rotatable bonds is 2. The molecule has 1 aromatic rings. The highest BCUT2D eigenvalue weighted by atomic mass is 79.9. The molecule has 2 unspecified atom stereocenters. The summed E-state index contributed by atoms with van der Waals surface area (Å²) >= 11 is 3.50. The molecule has 3 N–H and O–H groups in total. The van der Waals surface area contributed by atoms with E-state index in [0.29, 0.717) is 5.92 Å². The molecule has 0 aliphatic carbocycles. The summed E-state index contributed by atoms with van der Waals surface area (Å²) in [5, 5.41) is 3.37. The number of nitrogens with one attached hydrogen (secondary N) is 1. The molecule has 1 heterocycles. The summed E-state index contributed by atoms with van der Waals surface area (Å²) in [4.78, 5) is 0. The van der Waals surface area contributed by atoms with Crippen molar-refractivity contribution < 1.29 is 0 Å². The zero-order valence-corrected chi connectivity index (χ0v) is 10.5. The van der Waals surface area contributed by atoms with E-state index in [9.17, 15) is 0 Å². The Kier molecular flexibility index (Phi) is 3.44. The van der Waals surface area contributed by atoms with Crippen molar-refractivity contribution >= 4 is 15.9 Å². The molecule has 2 atom stereocenters. The molecule has 0 saturated carbocycles. The van der Waals surface area contributed by atoms with Crippen molar-refractivity contribution in [3.05, 3.63) is 33.8 Å². The minimum Gasteiger partial charge on any atom is -0.324 e. The summed E-state index contributed by atoms with van der Waals surface area (Å²) in [6.45, 7) is 4.28. The summed E-state index contributed by atoms with van der Waals surface area (Å²) in [6.07, 6.45) is 1.19. The quantitative estimate of drug-likeness (QED) is 0.865. The van der Waals surface area contributed by atoms with Gasteiger partial charge in [-0.3, -0.25) is 0 Å². The molecule has 0 spiro atoms. The molecule has 1 aliphatic heterocycles. The van der Waals surface area contributed by atoms with Crippen molar-refractivity contribution in [2.45, 2.75) is 19.4 Å². The second-order valence-electron chi connectivity index (χ2n) is 4.28. The first-order valence-corrected chi connectivity index (χ1v) is 6.20. The van der Waals surface area contributed by atoms with Gasteiger partial charge in [-0.2, -0.15) is 0 Å². The lowest BCUT2D eigenvalue weighted by atomic mass is 9.90. The van der Waals surface area contributed by atoms with Crippen molar-refractivity contribution in [3.8, 4) is 0 Å². The molecule has 1 fully saturated rings. The van der Waals surface area contributed by atoms with E-state index in [2.05, 4.69) is 46.4 Å². The third kappa shape index (κ3) is 2.41. The van der Waals surface area contributed by atoms with Crippen LogP contribution in [0.5, 0.6) is 0 Å². The highest BCUT2D eigenvalue weighted by molar-refractivity contribution is 9.10. The molecule has 0 radical (unpaired) electrons. The number of hydrogen-bond donors (Lipinski definition) is 2. The Hall–Kier alpha value is -0.380. The van der Waals surface area contributed by atoms with Crippen LogP contribution < -0.4 is 11.1 Å². The lowest BCUT2D eigenvalue weighted by molar-refractivity contribution is 0.468. The monoisotopic (exact) mass is 268 g/mol. The topological polar surface area (TPSA) is 38.0 Å². The smallest absolute Gasteiger partial charge is 0.0339 e. The zero-order chi connectivity index (χ0) is 10.8. The third-order valence-electron chi connectivity index (χ3n) is 3.21. The van der Waals surface area contributed by atoms with Gasteiger partial charge < -0.3 is 11.1 Å². The van der Waals surface area contributed by atoms with Crippen molar-refractivity contribution in [2.24, 2.45) is 11.7 Å². The Balaban J connectivity index is 2.23. The van der Waals surface area contributed by atoms with E-state index < -0.39 is 0 Å². The van der Waals surface area contributed by atoms with Gasteiger partial charge in [-0.05, 0) is 55.6 Å². The van der Waals surface area contributed by atoms with Crippen LogP contribution >= 0.6 is 15.9 Å². The van der Waals surface area contributed by atoms with Gasteiger partial charge in [0.1, 0.15) is 0 Å². The van der Waals surface area contributed by atoms with Crippen LogP contribution in [0.1, 0.15) is 23.6 Å². The average Bonchev–Trinajstić information content (AvgIpc) is 2.74. The molecule has 1 aromatic carbocycles. The first-order valence-electron chi connectivity index (χ1n) is 5.41. The summed E-state index contributed by atoms with van der Waals surface area (Å²) < 4.78 is 1.12. The van der Waals surface area contributed by atoms with E-state index >= 15 is 0 Å². The van der Waals surface area contributed by atoms with Crippen molar-refractivity contribution in [1.29, 1.82) is 0 Å². The standard InChI is InChI=1S/C12H17BrN2/c1-8-2-3-10(13)6-11(8)12(14)9-4-5-15-7-9/h2-3,6,9,12,15H,4-5,7,14H2,1H3. The molecule has 1 saturated heterocycles. The maximum absolute atomic E-state index is 6.31. The Morgan fingerprint density at radius 1 is 1.53 bits per heavy atom. The van der Waals surface area contributed by atoms with Gasteiger partial charge in [0, 0.05) is 10.5 Å². The van der Waals surface area contributed by atoms with E-state index in [0.717, 1.165) is 17.6 Å². The zero-order valence-electron chi connectivity index (χ0n) is 8.96. The third-order valence-corrected chi connectivity index (χ3v) is 3.70. The lowest BCUT2D eigenvalue weighted by Crippen LogP contribution is -2.24. The molecule has 3 heteroatoms. The van der Waals surface area contributed by atoms with Gasteiger partial charge >= 0.3 is 0 Å². The second-order valence-corrected chi connectivity index (χ2v) is 5.20.